The van der Waals surface area contributed by atoms with E-state index in [2.05, 4.69) is 55.1 Å². The molecule has 0 unspecified atom stereocenters. The van der Waals surface area contributed by atoms with E-state index in [0.29, 0.717) is 0 Å². The lowest BCUT2D eigenvalue weighted by molar-refractivity contribution is -0.00521. The number of ether oxygens (including phenoxy) is 1. The Morgan fingerprint density at radius 1 is 0.967 bits per heavy atom. The molecule has 2 aromatic carbocycles. The van der Waals surface area contributed by atoms with Crippen molar-refractivity contribution in [1.82, 2.24) is 0 Å². The molecule has 1 aliphatic heterocycles. The molecule has 0 bridgehead atoms. The fourth-order valence-corrected chi connectivity index (χ4v) is 5.10. The van der Waals surface area contributed by atoms with E-state index in [1.165, 1.54) is 16.8 Å². The predicted molar refractivity (Wildman–Crippen MR) is 125 cm³/mol. The number of morpholine rings is 1. The second kappa shape index (κ2) is 9.52. The van der Waals surface area contributed by atoms with Crippen LogP contribution in [-0.2, 0) is 33.2 Å². The summed E-state index contributed by atoms with van der Waals surface area (Å²) in [5, 5.41) is -0.344. The number of benzene rings is 2. The van der Waals surface area contributed by atoms with Gasteiger partial charge in [0.25, 0.3) is 0 Å². The van der Waals surface area contributed by atoms with E-state index in [4.69, 9.17) is 4.74 Å². The van der Waals surface area contributed by atoms with Gasteiger partial charge in [0.2, 0.25) is 0 Å². The first-order valence-corrected chi connectivity index (χ1v) is 12.6. The van der Waals surface area contributed by atoms with Crippen molar-refractivity contribution in [3.8, 4) is 0 Å². The van der Waals surface area contributed by atoms with Gasteiger partial charge >= 0.3 is 0 Å². The van der Waals surface area contributed by atoms with Gasteiger partial charge in [0.1, 0.15) is 0 Å². The van der Waals surface area contributed by atoms with Crippen LogP contribution in [0.5, 0.6) is 0 Å². The predicted octanol–water partition coefficient (Wildman–Crippen LogP) is 4.72. The molecule has 1 saturated heterocycles. The number of hydrogen-bond acceptors (Lipinski definition) is 4. The molecular formula is C25H35NO3S. The second-order valence-corrected chi connectivity index (χ2v) is 11.5. The third-order valence-corrected chi connectivity index (χ3v) is 8.06. The van der Waals surface area contributed by atoms with E-state index in [0.717, 1.165) is 37.1 Å². The maximum atomic E-state index is 12.2. The van der Waals surface area contributed by atoms with Crippen molar-refractivity contribution in [3.63, 3.8) is 0 Å². The normalized spacial score (nSPS) is 20.0. The van der Waals surface area contributed by atoms with Gasteiger partial charge in [-0.2, -0.15) is 0 Å². The highest BCUT2D eigenvalue weighted by atomic mass is 32.2. The average molecular weight is 430 g/mol. The Morgan fingerprint density at radius 2 is 1.53 bits per heavy atom. The minimum Gasteiger partial charge on any atom is -0.372 e. The minimum absolute atomic E-state index is 0.122. The maximum Gasteiger partial charge on any atom is 0.156 e. The molecule has 3 rings (SSSR count). The first-order chi connectivity index (χ1) is 14.1. The Labute approximate surface area is 182 Å². The van der Waals surface area contributed by atoms with Gasteiger partial charge in [0.05, 0.1) is 23.2 Å². The van der Waals surface area contributed by atoms with Crippen LogP contribution in [0.1, 0.15) is 49.9 Å². The van der Waals surface area contributed by atoms with Crippen LogP contribution in [0.4, 0.5) is 5.69 Å². The van der Waals surface area contributed by atoms with Crippen LogP contribution in [0.25, 0.3) is 0 Å². The third-order valence-electron chi connectivity index (χ3n) is 5.91. The Balaban J connectivity index is 1.60. The Kier molecular flexibility index (Phi) is 7.25. The number of rotatable bonds is 7. The highest BCUT2D eigenvalue weighted by molar-refractivity contribution is 7.91. The van der Waals surface area contributed by atoms with Crippen LogP contribution >= 0.6 is 0 Å². The zero-order valence-electron chi connectivity index (χ0n) is 18.9. The van der Waals surface area contributed by atoms with Crippen LogP contribution in [0, 0.1) is 6.92 Å². The van der Waals surface area contributed by atoms with E-state index < -0.39 is 9.84 Å². The molecule has 1 heterocycles. The van der Waals surface area contributed by atoms with Gasteiger partial charge in [-0.25, -0.2) is 8.42 Å². The largest absolute Gasteiger partial charge is 0.372 e. The maximum absolute atomic E-state index is 12.2. The lowest BCUT2D eigenvalue weighted by Gasteiger charge is -2.36. The van der Waals surface area contributed by atoms with Crippen LogP contribution in [-0.4, -0.2) is 39.0 Å². The summed E-state index contributed by atoms with van der Waals surface area (Å²) in [6, 6.07) is 15.1. The monoisotopic (exact) mass is 429 g/mol. The topological polar surface area (TPSA) is 46.6 Å². The number of hydrogen-bond donors (Lipinski definition) is 0. The molecule has 0 N–H and O–H groups in total. The Bertz CT molecular complexity index is 941. The standard InChI is InChI=1S/C25H35NO3S/c1-18(2)30(27,28)17-24-11-8-23(14-19(24)3)7-6-22-9-12-25(13-10-22)26-15-20(4)29-21(5)16-26/h8-14,18,20-21H,6-7,15-17H2,1-5H3/t20-,21+. The zero-order valence-corrected chi connectivity index (χ0v) is 19.7. The van der Waals surface area contributed by atoms with Gasteiger partial charge in [-0.3, -0.25) is 0 Å². The Morgan fingerprint density at radius 3 is 2.10 bits per heavy atom. The fourth-order valence-electron chi connectivity index (χ4n) is 4.01. The number of sulfone groups is 1. The number of anilines is 1. The quantitative estimate of drug-likeness (QED) is 0.639. The molecule has 164 valence electrons. The summed E-state index contributed by atoms with van der Waals surface area (Å²) in [7, 11) is -3.07. The molecule has 0 amide bonds. The van der Waals surface area contributed by atoms with Crippen molar-refractivity contribution >= 4 is 15.5 Å². The SMILES string of the molecule is Cc1cc(CCc2ccc(N3C[C@@H](C)O[C@@H](C)C3)cc2)ccc1CS(=O)(=O)C(C)C. The molecule has 0 aromatic heterocycles. The molecule has 4 nitrogen and oxygen atoms in total. The highest BCUT2D eigenvalue weighted by Gasteiger charge is 2.22. The summed E-state index contributed by atoms with van der Waals surface area (Å²) < 4.78 is 30.3. The number of nitrogens with zero attached hydrogens (tertiary/aromatic N) is 1. The van der Waals surface area contributed by atoms with Gasteiger partial charge < -0.3 is 9.64 Å². The summed E-state index contributed by atoms with van der Waals surface area (Å²) in [5.41, 5.74) is 5.79. The van der Waals surface area contributed by atoms with E-state index in [1.807, 2.05) is 13.0 Å². The molecule has 2 aromatic rings. The van der Waals surface area contributed by atoms with Crippen LogP contribution in [0.15, 0.2) is 42.5 Å². The van der Waals surface area contributed by atoms with Crippen LogP contribution in [0.3, 0.4) is 0 Å². The number of aryl methyl sites for hydroxylation is 3. The van der Waals surface area contributed by atoms with Crippen molar-refractivity contribution in [3.05, 3.63) is 64.7 Å². The molecule has 0 radical (unpaired) electrons. The minimum atomic E-state index is -3.07. The van der Waals surface area contributed by atoms with E-state index in [-0.39, 0.29) is 23.2 Å². The highest BCUT2D eigenvalue weighted by Crippen LogP contribution is 2.22. The lowest BCUT2D eigenvalue weighted by atomic mass is 10.0. The van der Waals surface area contributed by atoms with Crippen molar-refractivity contribution < 1.29 is 13.2 Å². The summed E-state index contributed by atoms with van der Waals surface area (Å²) >= 11 is 0. The molecular weight excluding hydrogens is 394 g/mol. The van der Waals surface area contributed by atoms with Gasteiger partial charge in [-0.05, 0) is 81.8 Å². The van der Waals surface area contributed by atoms with Gasteiger partial charge in [-0.15, -0.1) is 0 Å². The van der Waals surface area contributed by atoms with E-state index in [1.54, 1.807) is 13.8 Å². The summed E-state index contributed by atoms with van der Waals surface area (Å²) in [5.74, 6) is 0.122. The molecule has 1 fully saturated rings. The second-order valence-electron chi connectivity index (χ2n) is 8.95. The van der Waals surface area contributed by atoms with Crippen LogP contribution in [0.2, 0.25) is 0 Å². The molecule has 0 saturated carbocycles. The molecule has 1 aliphatic rings. The molecule has 5 heteroatoms. The smallest absolute Gasteiger partial charge is 0.156 e. The summed E-state index contributed by atoms with van der Waals surface area (Å²) in [4.78, 5) is 2.40. The first-order valence-electron chi connectivity index (χ1n) is 10.9. The van der Waals surface area contributed by atoms with E-state index in [9.17, 15) is 8.42 Å². The average Bonchev–Trinajstić information content (AvgIpc) is 2.67. The van der Waals surface area contributed by atoms with Crippen molar-refractivity contribution in [2.24, 2.45) is 0 Å². The summed E-state index contributed by atoms with van der Waals surface area (Å²) in [6.07, 6.45) is 2.44. The Hall–Kier alpha value is -1.85. The lowest BCUT2D eigenvalue weighted by Crippen LogP contribution is -2.45. The van der Waals surface area contributed by atoms with Gasteiger partial charge in [-0.1, -0.05) is 30.3 Å². The van der Waals surface area contributed by atoms with Crippen molar-refractivity contribution in [2.45, 2.75) is 70.7 Å². The third kappa shape index (κ3) is 5.86. The van der Waals surface area contributed by atoms with Gasteiger partial charge in [0.15, 0.2) is 9.84 Å². The van der Waals surface area contributed by atoms with E-state index >= 15 is 0 Å². The molecule has 2 atom stereocenters. The first kappa shape index (κ1) is 22.8. The molecule has 30 heavy (non-hydrogen) atoms. The van der Waals surface area contributed by atoms with Crippen molar-refractivity contribution in [2.75, 3.05) is 18.0 Å². The fraction of sp³-hybridized carbons (Fsp3) is 0.520. The molecule has 0 spiro atoms. The zero-order chi connectivity index (χ0) is 21.9. The summed E-state index contributed by atoms with van der Waals surface area (Å²) in [6.45, 7) is 11.6. The van der Waals surface area contributed by atoms with Gasteiger partial charge in [0, 0.05) is 18.8 Å². The van der Waals surface area contributed by atoms with Crippen molar-refractivity contribution in [1.29, 1.82) is 0 Å². The molecule has 0 aliphatic carbocycles. The van der Waals surface area contributed by atoms with Crippen LogP contribution < -0.4 is 4.90 Å².